The van der Waals surface area contributed by atoms with Crippen LogP contribution in [0.4, 0.5) is 5.82 Å². The van der Waals surface area contributed by atoms with E-state index in [0.717, 1.165) is 18.9 Å². The highest BCUT2D eigenvalue weighted by molar-refractivity contribution is 5.80. The Kier molecular flexibility index (Phi) is 3.49. The predicted molar refractivity (Wildman–Crippen MR) is 63.5 cm³/mol. The van der Waals surface area contributed by atoms with Crippen molar-refractivity contribution in [3.8, 4) is 6.07 Å². The minimum atomic E-state index is 0.101. The van der Waals surface area contributed by atoms with Gasteiger partial charge in [-0.25, -0.2) is 0 Å². The standard InChI is InChI=1S/C12H14N5/c13-9-11(10-14)17-8-4-5-12(15-17)16-6-2-1-3-7-16/h4-5,8,13H,1-3,6-7H2/q+1. The van der Waals surface area contributed by atoms with Crippen molar-refractivity contribution < 1.29 is 4.68 Å². The maximum Gasteiger partial charge on any atom is 0.376 e. The molecule has 0 spiro atoms. The van der Waals surface area contributed by atoms with Gasteiger partial charge in [0.1, 0.15) is 0 Å². The van der Waals surface area contributed by atoms with Gasteiger partial charge in [-0.05, 0) is 30.0 Å². The van der Waals surface area contributed by atoms with Gasteiger partial charge >= 0.3 is 5.70 Å². The van der Waals surface area contributed by atoms with Crippen molar-refractivity contribution in [2.45, 2.75) is 19.3 Å². The zero-order chi connectivity index (χ0) is 12.1. The monoisotopic (exact) mass is 228 g/mol. The van der Waals surface area contributed by atoms with Crippen LogP contribution >= 0.6 is 0 Å². The summed E-state index contributed by atoms with van der Waals surface area (Å²) in [6, 6.07) is 5.67. The predicted octanol–water partition coefficient (Wildman–Crippen LogP) is 0.972. The molecule has 1 aliphatic heterocycles. The van der Waals surface area contributed by atoms with Crippen LogP contribution in [-0.2, 0) is 0 Å². The number of hydrogen-bond donors (Lipinski definition) is 1. The van der Waals surface area contributed by atoms with Gasteiger partial charge in [-0.1, -0.05) is 0 Å². The van der Waals surface area contributed by atoms with Crippen LogP contribution in [0.1, 0.15) is 19.3 Å². The lowest BCUT2D eigenvalue weighted by atomic mass is 10.1. The number of nitrogens with one attached hydrogen (secondary N) is 1. The third-order valence-corrected chi connectivity index (χ3v) is 2.82. The number of rotatable bonds is 2. The van der Waals surface area contributed by atoms with E-state index in [1.54, 1.807) is 6.20 Å². The molecule has 0 bridgehead atoms. The van der Waals surface area contributed by atoms with Gasteiger partial charge in [0.2, 0.25) is 6.20 Å². The van der Waals surface area contributed by atoms with Crippen LogP contribution in [0.5, 0.6) is 0 Å². The van der Waals surface area contributed by atoms with Crippen LogP contribution in [-0.4, -0.2) is 24.1 Å². The zero-order valence-corrected chi connectivity index (χ0v) is 9.56. The summed E-state index contributed by atoms with van der Waals surface area (Å²) in [6.45, 7) is 2.01. The van der Waals surface area contributed by atoms with Crippen LogP contribution in [0.25, 0.3) is 5.70 Å². The van der Waals surface area contributed by atoms with Crippen molar-refractivity contribution in [1.82, 2.24) is 5.10 Å². The van der Waals surface area contributed by atoms with Gasteiger partial charge in [0.15, 0.2) is 11.9 Å². The number of hydrogen-bond acceptors (Lipinski definition) is 4. The molecule has 0 aromatic carbocycles. The molecule has 5 nitrogen and oxygen atoms in total. The first-order valence-electron chi connectivity index (χ1n) is 5.69. The van der Waals surface area contributed by atoms with Gasteiger partial charge < -0.3 is 4.90 Å². The van der Waals surface area contributed by atoms with Crippen molar-refractivity contribution in [1.29, 1.82) is 10.7 Å². The van der Waals surface area contributed by atoms with E-state index in [-0.39, 0.29) is 5.70 Å². The molecule has 1 saturated heterocycles. The lowest BCUT2D eigenvalue weighted by Crippen LogP contribution is -2.39. The molecule has 0 amide bonds. The normalized spacial score (nSPS) is 14.9. The lowest BCUT2D eigenvalue weighted by Gasteiger charge is -2.26. The van der Waals surface area contributed by atoms with Crippen LogP contribution in [0.2, 0.25) is 0 Å². The molecular weight excluding hydrogens is 214 g/mol. The first-order chi connectivity index (χ1) is 8.35. The van der Waals surface area contributed by atoms with Crippen molar-refractivity contribution >= 4 is 17.4 Å². The number of nitriles is 1. The minimum absolute atomic E-state index is 0.101. The van der Waals surface area contributed by atoms with Gasteiger partial charge in [0.05, 0.1) is 5.87 Å². The van der Waals surface area contributed by atoms with E-state index in [1.165, 1.54) is 23.9 Å². The fourth-order valence-electron chi connectivity index (χ4n) is 1.94. The van der Waals surface area contributed by atoms with E-state index >= 15 is 0 Å². The van der Waals surface area contributed by atoms with Crippen LogP contribution in [0.3, 0.4) is 0 Å². The summed E-state index contributed by atoms with van der Waals surface area (Å²) in [5, 5.41) is 20.2. The van der Waals surface area contributed by atoms with Crippen LogP contribution < -0.4 is 9.58 Å². The fraction of sp³-hybridized carbons (Fsp3) is 0.417. The third kappa shape index (κ3) is 2.49. The second-order valence-electron chi connectivity index (χ2n) is 3.94. The first kappa shape index (κ1) is 11.3. The number of piperidine rings is 1. The molecule has 17 heavy (non-hydrogen) atoms. The number of aromatic nitrogens is 2. The Labute approximate surface area is 100 Å². The number of nitrogens with zero attached hydrogens (tertiary/aromatic N) is 4. The Morgan fingerprint density at radius 3 is 2.82 bits per heavy atom. The summed E-state index contributed by atoms with van der Waals surface area (Å²) in [4.78, 5) is 2.21. The highest BCUT2D eigenvalue weighted by atomic mass is 15.3. The maximum atomic E-state index is 8.84. The molecule has 86 valence electrons. The average molecular weight is 228 g/mol. The number of allylic oxidation sites excluding steroid dienone is 1. The Bertz CT molecular complexity index is 490. The Morgan fingerprint density at radius 2 is 2.18 bits per heavy atom. The second kappa shape index (κ2) is 5.24. The molecular formula is C12H14N5+. The smallest absolute Gasteiger partial charge is 0.352 e. The average Bonchev–Trinajstić information content (AvgIpc) is 2.42. The molecule has 0 aliphatic carbocycles. The van der Waals surface area contributed by atoms with E-state index in [2.05, 4.69) is 15.9 Å². The Balaban J connectivity index is 2.28. The molecule has 1 aromatic rings. The Morgan fingerprint density at radius 1 is 1.41 bits per heavy atom. The molecule has 1 aromatic heterocycles. The molecule has 0 atom stereocenters. The highest BCUT2D eigenvalue weighted by Gasteiger charge is 2.17. The molecule has 5 heteroatoms. The van der Waals surface area contributed by atoms with E-state index in [0.29, 0.717) is 0 Å². The van der Waals surface area contributed by atoms with Crippen molar-refractivity contribution in [2.75, 3.05) is 18.0 Å². The topological polar surface area (TPSA) is 67.7 Å². The van der Waals surface area contributed by atoms with Gasteiger partial charge in [0, 0.05) is 24.3 Å². The van der Waals surface area contributed by atoms with Crippen molar-refractivity contribution in [3.05, 3.63) is 18.3 Å². The second-order valence-corrected chi connectivity index (χ2v) is 3.94. The molecule has 1 N–H and O–H groups in total. The molecule has 0 unspecified atom stereocenters. The van der Waals surface area contributed by atoms with Crippen molar-refractivity contribution in [3.63, 3.8) is 0 Å². The largest absolute Gasteiger partial charge is 0.376 e. The van der Waals surface area contributed by atoms with Crippen LogP contribution in [0.15, 0.2) is 18.3 Å². The van der Waals surface area contributed by atoms with Gasteiger partial charge in [0.25, 0.3) is 0 Å². The summed E-state index contributed by atoms with van der Waals surface area (Å²) in [7, 11) is 0. The first-order valence-corrected chi connectivity index (χ1v) is 5.69. The maximum absolute atomic E-state index is 8.84. The van der Waals surface area contributed by atoms with Gasteiger partial charge in [-0.2, -0.15) is 5.26 Å². The summed E-state index contributed by atoms with van der Waals surface area (Å²) in [6.07, 6.45) is 5.30. The molecule has 1 fully saturated rings. The summed E-state index contributed by atoms with van der Waals surface area (Å²) in [5.41, 5.74) is 0.101. The molecule has 1 aliphatic rings. The minimum Gasteiger partial charge on any atom is -0.352 e. The summed E-state index contributed by atoms with van der Waals surface area (Å²) in [5.74, 6) is 2.94. The van der Waals surface area contributed by atoms with Gasteiger partial charge in [-0.3, -0.25) is 5.41 Å². The third-order valence-electron chi connectivity index (χ3n) is 2.82. The van der Waals surface area contributed by atoms with E-state index in [9.17, 15) is 0 Å². The number of anilines is 1. The fourth-order valence-corrected chi connectivity index (χ4v) is 1.94. The summed E-state index contributed by atoms with van der Waals surface area (Å²) < 4.78 is 1.40. The molecule has 2 heterocycles. The lowest BCUT2D eigenvalue weighted by molar-refractivity contribution is -0.640. The highest BCUT2D eigenvalue weighted by Crippen LogP contribution is 2.15. The SMILES string of the molecule is N#CC(=C=N)[n+]1cccc(N2CCCCC2)n1. The van der Waals surface area contributed by atoms with E-state index < -0.39 is 0 Å². The Hall–Kier alpha value is -2.18. The van der Waals surface area contributed by atoms with Crippen LogP contribution in [0, 0.1) is 16.7 Å². The van der Waals surface area contributed by atoms with Gasteiger partial charge in [-0.15, -0.1) is 0 Å². The quantitative estimate of drug-likeness (QED) is 0.466. The van der Waals surface area contributed by atoms with E-state index in [4.69, 9.17) is 10.7 Å². The molecule has 2 rings (SSSR count). The van der Waals surface area contributed by atoms with E-state index in [1.807, 2.05) is 18.2 Å². The summed E-state index contributed by atoms with van der Waals surface area (Å²) >= 11 is 0. The molecule has 0 radical (unpaired) electrons. The molecule has 0 saturated carbocycles. The van der Waals surface area contributed by atoms with Crippen molar-refractivity contribution in [2.24, 2.45) is 0 Å². The zero-order valence-electron chi connectivity index (χ0n) is 9.56.